The fraction of sp³-hybridized carbons (Fsp3) is 0.250. The first-order chi connectivity index (χ1) is 7.92. The summed E-state index contributed by atoms with van der Waals surface area (Å²) in [5, 5.41) is 9.00. The maximum Gasteiger partial charge on any atom is 0.347 e. The third-order valence-corrected chi connectivity index (χ3v) is 4.58. The average Bonchev–Trinajstić information content (AvgIpc) is 2.55. The first-order valence-electron chi connectivity index (χ1n) is 5.18. The van der Waals surface area contributed by atoms with E-state index in [4.69, 9.17) is 5.11 Å². The van der Waals surface area contributed by atoms with Crippen molar-refractivity contribution in [2.24, 2.45) is 0 Å². The van der Waals surface area contributed by atoms with Crippen molar-refractivity contribution in [1.29, 1.82) is 0 Å². The fourth-order valence-corrected chi connectivity index (χ4v) is 3.47. The highest BCUT2D eigenvalue weighted by atomic mass is 32.2. The van der Waals surface area contributed by atoms with Gasteiger partial charge in [0.05, 0.1) is 5.75 Å². The molecule has 0 atom stereocenters. The van der Waals surface area contributed by atoms with Crippen LogP contribution < -0.4 is 0 Å². The molecule has 0 aromatic heterocycles. The molecule has 0 unspecified atom stereocenters. The molecular weight excluding hydrogens is 240 g/mol. The van der Waals surface area contributed by atoms with Gasteiger partial charge in [0.15, 0.2) is 14.7 Å². The van der Waals surface area contributed by atoms with Crippen LogP contribution in [0.4, 0.5) is 0 Å². The predicted octanol–water partition coefficient (Wildman–Crippen LogP) is 1.61. The topological polar surface area (TPSA) is 71.4 Å². The Morgan fingerprint density at radius 1 is 1.24 bits per heavy atom. The molecule has 5 heteroatoms. The summed E-state index contributed by atoms with van der Waals surface area (Å²) in [4.78, 5) is 10.6. The number of carboxylic acids is 1. The highest BCUT2D eigenvalue weighted by molar-refractivity contribution is 7.96. The summed E-state index contributed by atoms with van der Waals surface area (Å²) in [6.45, 7) is 1.92. The molecule has 0 radical (unpaired) electrons. The summed E-state index contributed by atoms with van der Waals surface area (Å²) in [5.74, 6) is -1.48. The van der Waals surface area contributed by atoms with Gasteiger partial charge in [0.1, 0.15) is 0 Å². The van der Waals surface area contributed by atoms with Gasteiger partial charge in [-0.15, -0.1) is 0 Å². The molecule has 90 valence electrons. The molecule has 1 aromatic carbocycles. The number of benzene rings is 1. The smallest absolute Gasteiger partial charge is 0.347 e. The molecule has 2 rings (SSSR count). The minimum absolute atomic E-state index is 0.113. The third-order valence-electron chi connectivity index (χ3n) is 2.80. The molecule has 1 N–H and O–H groups in total. The molecule has 1 aromatic rings. The lowest BCUT2D eigenvalue weighted by atomic mass is 10.0. The van der Waals surface area contributed by atoms with Gasteiger partial charge in [-0.05, 0) is 24.5 Å². The van der Waals surface area contributed by atoms with Crippen molar-refractivity contribution in [3.63, 3.8) is 0 Å². The summed E-state index contributed by atoms with van der Waals surface area (Å²) in [6.07, 6.45) is 0.271. The van der Waals surface area contributed by atoms with Gasteiger partial charge in [0.2, 0.25) is 0 Å². The van der Waals surface area contributed by atoms with Gasteiger partial charge in [0, 0.05) is 0 Å². The van der Waals surface area contributed by atoms with Crippen LogP contribution in [0, 0.1) is 6.92 Å². The number of aryl methyl sites for hydroxylation is 1. The molecule has 17 heavy (non-hydrogen) atoms. The molecular formula is C12H12O4S. The van der Waals surface area contributed by atoms with Crippen LogP contribution in [-0.4, -0.2) is 25.2 Å². The summed E-state index contributed by atoms with van der Waals surface area (Å²) in [7, 11) is -3.61. The molecule has 0 bridgehead atoms. The van der Waals surface area contributed by atoms with Crippen LogP contribution in [0.15, 0.2) is 29.2 Å². The van der Waals surface area contributed by atoms with E-state index in [1.54, 1.807) is 12.1 Å². The Balaban J connectivity index is 2.61. The first-order valence-corrected chi connectivity index (χ1v) is 6.83. The van der Waals surface area contributed by atoms with Gasteiger partial charge < -0.3 is 5.11 Å². The number of rotatable bonds is 2. The number of carboxylic acid groups (broad SMARTS) is 1. The number of carbonyl (C=O) groups is 1. The van der Waals surface area contributed by atoms with E-state index < -0.39 is 20.7 Å². The fourth-order valence-electron chi connectivity index (χ4n) is 1.93. The van der Waals surface area contributed by atoms with Crippen molar-refractivity contribution in [2.45, 2.75) is 13.3 Å². The maximum atomic E-state index is 11.6. The molecule has 0 aliphatic carbocycles. The van der Waals surface area contributed by atoms with Gasteiger partial charge in [-0.2, -0.15) is 0 Å². The molecule has 4 nitrogen and oxygen atoms in total. The van der Waals surface area contributed by atoms with Crippen molar-refractivity contribution >= 4 is 21.4 Å². The van der Waals surface area contributed by atoms with E-state index in [9.17, 15) is 13.2 Å². The summed E-state index contributed by atoms with van der Waals surface area (Å²) >= 11 is 0. The number of sulfone groups is 1. The number of aliphatic carboxylic acids is 1. The standard InChI is InChI=1S/C12H12O4S/c1-8-2-4-9(5-3-8)10-6-7-17(15,16)11(10)12(13)14/h2-5H,6-7H2,1H3,(H,13,14). The average molecular weight is 252 g/mol. The van der Waals surface area contributed by atoms with Crippen molar-refractivity contribution < 1.29 is 18.3 Å². The van der Waals surface area contributed by atoms with Crippen LogP contribution in [0.3, 0.4) is 0 Å². The molecule has 0 saturated carbocycles. The van der Waals surface area contributed by atoms with Crippen molar-refractivity contribution in [1.82, 2.24) is 0 Å². The van der Waals surface area contributed by atoms with Gasteiger partial charge in [-0.1, -0.05) is 29.8 Å². The molecule has 1 aliphatic rings. The lowest BCUT2D eigenvalue weighted by Gasteiger charge is -2.03. The van der Waals surface area contributed by atoms with Gasteiger partial charge in [-0.3, -0.25) is 0 Å². The Morgan fingerprint density at radius 3 is 2.35 bits per heavy atom. The zero-order valence-electron chi connectivity index (χ0n) is 9.30. The van der Waals surface area contributed by atoms with Gasteiger partial charge >= 0.3 is 5.97 Å². The van der Waals surface area contributed by atoms with Crippen LogP contribution in [0.5, 0.6) is 0 Å². The monoisotopic (exact) mass is 252 g/mol. The second-order valence-electron chi connectivity index (χ2n) is 4.05. The first kappa shape index (κ1) is 11.9. The SMILES string of the molecule is Cc1ccc(C2=C(C(=O)O)S(=O)(=O)CC2)cc1. The maximum absolute atomic E-state index is 11.6. The Bertz CT molecular complexity index is 594. The lowest BCUT2D eigenvalue weighted by molar-refractivity contribution is -0.131. The summed E-state index contributed by atoms with van der Waals surface area (Å²) in [6, 6.07) is 7.20. The highest BCUT2D eigenvalue weighted by Crippen LogP contribution is 2.33. The molecule has 1 heterocycles. The second kappa shape index (κ2) is 4.00. The van der Waals surface area contributed by atoms with Gasteiger partial charge in [0.25, 0.3) is 0 Å². The lowest BCUT2D eigenvalue weighted by Crippen LogP contribution is -2.11. The zero-order valence-corrected chi connectivity index (χ0v) is 10.1. The Morgan fingerprint density at radius 2 is 1.82 bits per heavy atom. The van der Waals surface area contributed by atoms with Crippen molar-refractivity contribution in [3.8, 4) is 0 Å². The predicted molar refractivity (Wildman–Crippen MR) is 64.1 cm³/mol. The Kier molecular flexibility index (Phi) is 2.79. The van der Waals surface area contributed by atoms with E-state index in [1.165, 1.54) is 0 Å². The van der Waals surface area contributed by atoms with Crippen molar-refractivity contribution in [3.05, 3.63) is 40.3 Å². The highest BCUT2D eigenvalue weighted by Gasteiger charge is 2.35. The third kappa shape index (κ3) is 2.10. The van der Waals surface area contributed by atoms with Crippen molar-refractivity contribution in [2.75, 3.05) is 5.75 Å². The largest absolute Gasteiger partial charge is 0.477 e. The van der Waals surface area contributed by atoms with E-state index in [1.807, 2.05) is 19.1 Å². The number of hydrogen-bond donors (Lipinski definition) is 1. The molecule has 0 amide bonds. The zero-order chi connectivity index (χ0) is 12.6. The van der Waals surface area contributed by atoms with Crippen LogP contribution in [0.2, 0.25) is 0 Å². The number of allylic oxidation sites excluding steroid dienone is 1. The normalized spacial score (nSPS) is 18.4. The van der Waals surface area contributed by atoms with Crippen LogP contribution in [0.25, 0.3) is 5.57 Å². The van der Waals surface area contributed by atoms with E-state index >= 15 is 0 Å². The van der Waals surface area contributed by atoms with E-state index in [2.05, 4.69) is 0 Å². The number of hydrogen-bond acceptors (Lipinski definition) is 3. The van der Waals surface area contributed by atoms with Crippen LogP contribution >= 0.6 is 0 Å². The Hall–Kier alpha value is -1.62. The molecule has 0 saturated heterocycles. The second-order valence-corrected chi connectivity index (χ2v) is 6.09. The van der Waals surface area contributed by atoms with E-state index in [0.29, 0.717) is 11.1 Å². The summed E-state index contributed by atoms with van der Waals surface area (Å²) in [5.41, 5.74) is 2.14. The summed E-state index contributed by atoms with van der Waals surface area (Å²) < 4.78 is 23.2. The minimum atomic E-state index is -3.61. The molecule has 0 fully saturated rings. The minimum Gasteiger partial charge on any atom is -0.477 e. The van der Waals surface area contributed by atoms with Gasteiger partial charge in [-0.25, -0.2) is 13.2 Å². The Labute approximate surface area is 99.5 Å². The van der Waals surface area contributed by atoms with Crippen LogP contribution in [-0.2, 0) is 14.6 Å². The quantitative estimate of drug-likeness (QED) is 0.868. The van der Waals surface area contributed by atoms with E-state index in [0.717, 1.165) is 5.56 Å². The molecule has 1 aliphatic heterocycles. The van der Waals surface area contributed by atoms with Crippen LogP contribution in [0.1, 0.15) is 17.5 Å². The van der Waals surface area contributed by atoms with E-state index in [-0.39, 0.29) is 12.2 Å². The molecule has 0 spiro atoms.